The molecule has 2 aromatic carbocycles. The Labute approximate surface area is 123 Å². The maximum atomic E-state index is 13.7. The lowest BCUT2D eigenvalue weighted by Crippen LogP contribution is -2.23. The second-order valence-electron chi connectivity index (χ2n) is 4.49. The third-order valence-corrected chi connectivity index (χ3v) is 3.89. The molecule has 0 aromatic heterocycles. The van der Waals surface area contributed by atoms with Crippen molar-refractivity contribution in [1.29, 1.82) is 0 Å². The van der Waals surface area contributed by atoms with E-state index in [1.807, 2.05) is 24.3 Å². The first kappa shape index (κ1) is 13.1. The monoisotopic (exact) mass is 335 g/mol. The molecule has 0 spiro atoms. The van der Waals surface area contributed by atoms with Crippen molar-refractivity contribution < 1.29 is 13.9 Å². The van der Waals surface area contributed by atoms with E-state index < -0.39 is 11.7 Å². The number of carbonyl (C=O) groups is 1. The van der Waals surface area contributed by atoms with E-state index in [2.05, 4.69) is 21.2 Å². The maximum Gasteiger partial charge on any atom is 0.235 e. The number of hydrogen-bond donors (Lipinski definition) is 1. The molecule has 1 amide bonds. The molecule has 3 rings (SSSR count). The van der Waals surface area contributed by atoms with Gasteiger partial charge in [0.2, 0.25) is 5.91 Å². The quantitative estimate of drug-likeness (QED) is 0.908. The lowest BCUT2D eigenvalue weighted by atomic mass is 10.0. The number of ether oxygens (including phenoxy) is 1. The van der Waals surface area contributed by atoms with Crippen LogP contribution < -0.4 is 10.1 Å². The van der Waals surface area contributed by atoms with E-state index in [1.54, 1.807) is 12.1 Å². The van der Waals surface area contributed by atoms with Crippen LogP contribution in [0.2, 0.25) is 0 Å². The summed E-state index contributed by atoms with van der Waals surface area (Å²) in [7, 11) is 0. The molecule has 1 atom stereocenters. The summed E-state index contributed by atoms with van der Waals surface area (Å²) in [4.78, 5) is 12.3. The average Bonchev–Trinajstić information content (AvgIpc) is 2.87. The summed E-state index contributed by atoms with van der Waals surface area (Å²) in [6.45, 7) is 0.275. The lowest BCUT2D eigenvalue weighted by Gasteiger charge is -2.12. The molecule has 0 saturated carbocycles. The molecular weight excluding hydrogens is 325 g/mol. The zero-order valence-electron chi connectivity index (χ0n) is 10.4. The number of anilines is 1. The molecule has 0 aliphatic carbocycles. The van der Waals surface area contributed by atoms with Crippen LogP contribution in [0.25, 0.3) is 0 Å². The highest BCUT2D eigenvalue weighted by atomic mass is 79.9. The van der Waals surface area contributed by atoms with Crippen LogP contribution in [0.15, 0.2) is 46.9 Å². The maximum absolute atomic E-state index is 13.7. The van der Waals surface area contributed by atoms with Gasteiger partial charge in [-0.25, -0.2) is 4.39 Å². The van der Waals surface area contributed by atoms with Gasteiger partial charge in [-0.2, -0.15) is 0 Å². The number of para-hydroxylation sites is 2. The predicted molar refractivity (Wildman–Crippen MR) is 77.4 cm³/mol. The van der Waals surface area contributed by atoms with Crippen molar-refractivity contribution in [3.8, 4) is 5.75 Å². The SMILES string of the molecule is O=C(Nc1c(F)cccc1Br)[C@H]1COc2ccccc21. The van der Waals surface area contributed by atoms with Crippen LogP contribution in [0.4, 0.5) is 10.1 Å². The fourth-order valence-corrected chi connectivity index (χ4v) is 2.65. The molecule has 1 N–H and O–H groups in total. The minimum absolute atomic E-state index is 0.155. The van der Waals surface area contributed by atoms with Gasteiger partial charge in [-0.15, -0.1) is 0 Å². The molecule has 1 heterocycles. The molecule has 5 heteroatoms. The number of fused-ring (bicyclic) bond motifs is 1. The van der Waals surface area contributed by atoms with Crippen LogP contribution in [0.5, 0.6) is 5.75 Å². The van der Waals surface area contributed by atoms with Gasteiger partial charge in [-0.3, -0.25) is 4.79 Å². The van der Waals surface area contributed by atoms with E-state index in [-0.39, 0.29) is 18.2 Å². The summed E-state index contributed by atoms with van der Waals surface area (Å²) in [5.41, 5.74) is 0.986. The number of hydrogen-bond acceptors (Lipinski definition) is 2. The lowest BCUT2D eigenvalue weighted by molar-refractivity contribution is -0.117. The zero-order valence-corrected chi connectivity index (χ0v) is 12.0. The third kappa shape index (κ3) is 2.29. The second kappa shape index (κ2) is 5.25. The van der Waals surface area contributed by atoms with Gasteiger partial charge >= 0.3 is 0 Å². The number of rotatable bonds is 2. The summed E-state index contributed by atoms with van der Waals surface area (Å²) in [5.74, 6) is -0.460. The first-order valence-corrected chi connectivity index (χ1v) is 6.92. The summed E-state index contributed by atoms with van der Waals surface area (Å²) in [6, 6.07) is 11.9. The normalized spacial score (nSPS) is 16.4. The standard InChI is InChI=1S/C15H11BrFNO2/c16-11-5-3-6-12(17)14(11)18-15(19)10-8-20-13-7-2-1-4-9(10)13/h1-7,10H,8H2,(H,18,19)/t10-/m0/s1. The Morgan fingerprint density at radius 2 is 2.05 bits per heavy atom. The van der Waals surface area contributed by atoms with Gasteiger partial charge in [0.05, 0.1) is 5.69 Å². The highest BCUT2D eigenvalue weighted by Crippen LogP contribution is 2.35. The van der Waals surface area contributed by atoms with Crippen LogP contribution in [0.3, 0.4) is 0 Å². The van der Waals surface area contributed by atoms with Gasteiger partial charge < -0.3 is 10.1 Å². The first-order valence-electron chi connectivity index (χ1n) is 6.13. The van der Waals surface area contributed by atoms with Crippen molar-refractivity contribution in [1.82, 2.24) is 0 Å². The summed E-state index contributed by atoms with van der Waals surface area (Å²) < 4.78 is 19.7. The third-order valence-electron chi connectivity index (χ3n) is 3.23. The average molecular weight is 336 g/mol. The van der Waals surface area contributed by atoms with Crippen LogP contribution >= 0.6 is 15.9 Å². The number of benzene rings is 2. The van der Waals surface area contributed by atoms with E-state index in [4.69, 9.17) is 4.74 Å². The molecule has 0 bridgehead atoms. The molecule has 102 valence electrons. The Hall–Kier alpha value is -1.88. The van der Waals surface area contributed by atoms with E-state index >= 15 is 0 Å². The van der Waals surface area contributed by atoms with Gasteiger partial charge in [0.25, 0.3) is 0 Å². The Balaban J connectivity index is 1.85. The number of amides is 1. The van der Waals surface area contributed by atoms with Gasteiger partial charge in [-0.05, 0) is 34.1 Å². The van der Waals surface area contributed by atoms with Crippen LogP contribution in [0.1, 0.15) is 11.5 Å². The molecule has 0 saturated heterocycles. The van der Waals surface area contributed by atoms with Gasteiger partial charge in [0, 0.05) is 10.0 Å². The van der Waals surface area contributed by atoms with E-state index in [0.29, 0.717) is 10.2 Å². The van der Waals surface area contributed by atoms with Crippen molar-refractivity contribution in [2.24, 2.45) is 0 Å². The molecule has 20 heavy (non-hydrogen) atoms. The molecule has 1 aliphatic heterocycles. The minimum Gasteiger partial charge on any atom is -0.492 e. The predicted octanol–water partition coefficient (Wildman–Crippen LogP) is 3.70. The molecule has 2 aromatic rings. The fraction of sp³-hybridized carbons (Fsp3) is 0.133. The van der Waals surface area contributed by atoms with Crippen LogP contribution in [-0.2, 0) is 4.79 Å². The molecule has 0 radical (unpaired) electrons. The molecular formula is C15H11BrFNO2. The summed E-state index contributed by atoms with van der Waals surface area (Å²) in [6.07, 6.45) is 0. The van der Waals surface area contributed by atoms with Gasteiger partial charge in [-0.1, -0.05) is 24.3 Å². The molecule has 0 unspecified atom stereocenters. The Morgan fingerprint density at radius 3 is 2.85 bits per heavy atom. The van der Waals surface area contributed by atoms with Crippen molar-refractivity contribution in [2.45, 2.75) is 5.92 Å². The Bertz CT molecular complexity index is 654. The topological polar surface area (TPSA) is 38.3 Å². The van der Waals surface area contributed by atoms with Crippen LogP contribution in [-0.4, -0.2) is 12.5 Å². The van der Waals surface area contributed by atoms with Crippen molar-refractivity contribution in [3.05, 3.63) is 58.3 Å². The highest BCUT2D eigenvalue weighted by molar-refractivity contribution is 9.10. The van der Waals surface area contributed by atoms with Crippen LogP contribution in [0, 0.1) is 5.82 Å². The zero-order chi connectivity index (χ0) is 14.1. The largest absolute Gasteiger partial charge is 0.492 e. The number of halogens is 2. The fourth-order valence-electron chi connectivity index (χ4n) is 2.21. The van der Waals surface area contributed by atoms with Gasteiger partial charge in [0.15, 0.2) is 0 Å². The molecule has 3 nitrogen and oxygen atoms in total. The first-order chi connectivity index (χ1) is 9.66. The van der Waals surface area contributed by atoms with Crippen molar-refractivity contribution in [2.75, 3.05) is 11.9 Å². The van der Waals surface area contributed by atoms with Gasteiger partial charge in [0.1, 0.15) is 24.1 Å². The van der Waals surface area contributed by atoms with Crippen molar-refractivity contribution >= 4 is 27.5 Å². The Kier molecular flexibility index (Phi) is 3.44. The summed E-state index contributed by atoms with van der Waals surface area (Å²) >= 11 is 3.23. The van der Waals surface area contributed by atoms with E-state index in [0.717, 1.165) is 5.56 Å². The second-order valence-corrected chi connectivity index (χ2v) is 5.34. The van der Waals surface area contributed by atoms with Crippen molar-refractivity contribution in [3.63, 3.8) is 0 Å². The minimum atomic E-state index is -0.472. The number of nitrogens with one attached hydrogen (secondary N) is 1. The van der Waals surface area contributed by atoms with E-state index in [9.17, 15) is 9.18 Å². The Morgan fingerprint density at radius 1 is 1.25 bits per heavy atom. The summed E-state index contributed by atoms with van der Waals surface area (Å²) in [5, 5.41) is 2.62. The molecule has 0 fully saturated rings. The smallest absolute Gasteiger partial charge is 0.235 e. The highest BCUT2D eigenvalue weighted by Gasteiger charge is 2.30. The van der Waals surface area contributed by atoms with E-state index in [1.165, 1.54) is 6.07 Å². The molecule has 1 aliphatic rings. The number of carbonyl (C=O) groups excluding carboxylic acids is 1.